The number of hydrogen-bond acceptors (Lipinski definition) is 6. The number of ether oxygens (including phenoxy) is 3. The monoisotopic (exact) mass is 1110 g/mol. The lowest BCUT2D eigenvalue weighted by Crippen LogP contribution is -2.30. The van der Waals surface area contributed by atoms with Crippen LogP contribution in [0.1, 0.15) is 226 Å². The van der Waals surface area contributed by atoms with Gasteiger partial charge in [0, 0.05) is 19.3 Å². The fourth-order valence-corrected chi connectivity index (χ4v) is 7.67. The van der Waals surface area contributed by atoms with Gasteiger partial charge in [0.25, 0.3) is 0 Å². The van der Waals surface area contributed by atoms with E-state index < -0.39 is 6.10 Å². The van der Waals surface area contributed by atoms with Crippen LogP contribution in [0.5, 0.6) is 0 Å². The minimum Gasteiger partial charge on any atom is -0.462 e. The van der Waals surface area contributed by atoms with E-state index in [1.165, 1.54) is 19.3 Å². The average Bonchev–Trinajstić information content (AvgIpc) is 3.46. The van der Waals surface area contributed by atoms with Crippen LogP contribution in [-0.2, 0) is 28.6 Å². The molecular weight excluding hydrogens is 997 g/mol. The van der Waals surface area contributed by atoms with Gasteiger partial charge >= 0.3 is 17.9 Å². The second-order valence-corrected chi connectivity index (χ2v) is 19.8. The second-order valence-electron chi connectivity index (χ2n) is 19.8. The quantitative estimate of drug-likeness (QED) is 0.0261. The summed E-state index contributed by atoms with van der Waals surface area (Å²) in [6.07, 6.45) is 103. The number of allylic oxidation sites excluding steroid dienone is 34. The molecule has 6 nitrogen and oxygen atoms in total. The van der Waals surface area contributed by atoms with E-state index in [2.05, 4.69) is 215 Å². The molecule has 0 aliphatic carbocycles. The third-order valence-corrected chi connectivity index (χ3v) is 12.3. The zero-order chi connectivity index (χ0) is 58.5. The lowest BCUT2D eigenvalue weighted by Gasteiger charge is -2.18. The van der Waals surface area contributed by atoms with Crippen molar-refractivity contribution in [2.45, 2.75) is 232 Å². The highest BCUT2D eigenvalue weighted by atomic mass is 16.6. The number of unbranched alkanes of at least 4 members (excludes halogenated alkanes) is 9. The summed E-state index contributed by atoms with van der Waals surface area (Å²) in [6.45, 7) is 6.16. The Hall–Kier alpha value is -6.01. The van der Waals surface area contributed by atoms with Crippen LogP contribution in [0.15, 0.2) is 207 Å². The molecule has 1 unspecified atom stereocenters. The van der Waals surface area contributed by atoms with Crippen LogP contribution in [0.2, 0.25) is 0 Å². The number of carbonyl (C=O) groups excluding carboxylic acids is 3. The number of esters is 3. The van der Waals surface area contributed by atoms with E-state index in [1.54, 1.807) is 0 Å². The smallest absolute Gasteiger partial charge is 0.306 e. The van der Waals surface area contributed by atoms with Gasteiger partial charge in [-0.15, -0.1) is 0 Å². The predicted octanol–water partition coefficient (Wildman–Crippen LogP) is 22.0. The topological polar surface area (TPSA) is 78.9 Å². The van der Waals surface area contributed by atoms with E-state index in [4.69, 9.17) is 14.2 Å². The van der Waals surface area contributed by atoms with Gasteiger partial charge in [-0.05, 0) is 154 Å². The first-order chi connectivity index (χ1) is 40.0. The summed E-state index contributed by atoms with van der Waals surface area (Å²) < 4.78 is 16.8. The molecule has 81 heavy (non-hydrogen) atoms. The van der Waals surface area contributed by atoms with Gasteiger partial charge in [0.2, 0.25) is 0 Å². The molecule has 0 aliphatic rings. The van der Waals surface area contributed by atoms with Gasteiger partial charge in [0.05, 0.1) is 0 Å². The van der Waals surface area contributed by atoms with Gasteiger partial charge in [-0.25, -0.2) is 0 Å². The molecule has 1 atom stereocenters. The molecule has 0 spiro atoms. The molecular formula is C75H112O6. The lowest BCUT2D eigenvalue weighted by atomic mass is 10.1. The average molecular weight is 1110 g/mol. The molecule has 0 aliphatic heterocycles. The molecule has 0 fully saturated rings. The van der Waals surface area contributed by atoms with E-state index in [0.717, 1.165) is 154 Å². The van der Waals surface area contributed by atoms with Crippen LogP contribution < -0.4 is 0 Å². The number of carbonyl (C=O) groups is 3. The van der Waals surface area contributed by atoms with Crippen molar-refractivity contribution in [3.8, 4) is 0 Å². The van der Waals surface area contributed by atoms with Crippen LogP contribution in [-0.4, -0.2) is 37.2 Å². The van der Waals surface area contributed by atoms with Gasteiger partial charge in [0.1, 0.15) is 13.2 Å². The minimum absolute atomic E-state index is 0.140. The number of rotatable bonds is 54. The second kappa shape index (κ2) is 66.5. The molecule has 0 aromatic heterocycles. The van der Waals surface area contributed by atoms with E-state index in [-0.39, 0.29) is 50.4 Å². The van der Waals surface area contributed by atoms with Crippen LogP contribution in [0, 0.1) is 0 Å². The first kappa shape index (κ1) is 75.0. The summed E-state index contributed by atoms with van der Waals surface area (Å²) >= 11 is 0. The normalized spacial score (nSPS) is 13.6. The minimum atomic E-state index is -0.846. The fraction of sp³-hybridized carbons (Fsp3) is 0.507. The Bertz CT molecular complexity index is 2000. The molecule has 0 rings (SSSR count). The predicted molar refractivity (Wildman–Crippen MR) is 352 cm³/mol. The summed E-state index contributed by atoms with van der Waals surface area (Å²) in [7, 11) is 0. The van der Waals surface area contributed by atoms with Crippen LogP contribution in [0.25, 0.3) is 0 Å². The summed E-state index contributed by atoms with van der Waals surface area (Å²) in [5, 5.41) is 0. The van der Waals surface area contributed by atoms with Gasteiger partial charge in [-0.3, -0.25) is 14.4 Å². The molecule has 0 aromatic rings. The molecule has 0 aromatic carbocycles. The van der Waals surface area contributed by atoms with Gasteiger partial charge in [0.15, 0.2) is 6.10 Å². The largest absolute Gasteiger partial charge is 0.462 e. The molecule has 0 saturated heterocycles. The molecule has 0 amide bonds. The van der Waals surface area contributed by atoms with Crippen LogP contribution in [0.3, 0.4) is 0 Å². The Morgan fingerprint density at radius 3 is 0.790 bits per heavy atom. The molecule has 0 bridgehead atoms. The van der Waals surface area contributed by atoms with Crippen molar-refractivity contribution in [1.82, 2.24) is 0 Å². The van der Waals surface area contributed by atoms with E-state index in [9.17, 15) is 14.4 Å². The summed E-state index contributed by atoms with van der Waals surface area (Å²) in [4.78, 5) is 38.2. The Morgan fingerprint density at radius 2 is 0.469 bits per heavy atom. The van der Waals surface area contributed by atoms with E-state index in [1.807, 2.05) is 12.2 Å². The van der Waals surface area contributed by atoms with E-state index in [0.29, 0.717) is 12.8 Å². The Kier molecular flexibility index (Phi) is 61.6. The van der Waals surface area contributed by atoms with Crippen molar-refractivity contribution in [3.05, 3.63) is 207 Å². The fourth-order valence-electron chi connectivity index (χ4n) is 7.67. The maximum Gasteiger partial charge on any atom is 0.306 e. The Morgan fingerprint density at radius 1 is 0.247 bits per heavy atom. The highest BCUT2D eigenvalue weighted by Gasteiger charge is 2.19. The Labute approximate surface area is 496 Å². The van der Waals surface area contributed by atoms with E-state index >= 15 is 0 Å². The van der Waals surface area contributed by atoms with Crippen LogP contribution >= 0.6 is 0 Å². The SMILES string of the molecule is CC/C=C\C/C=C\C/C=C\C/C=C\C/C=C\C/C=C\C/C=C\C/C=C\CCCCC(=O)OCC(COC(=O)CC/C=C\C/C=C\C/C=C\C/C=C\CC)OC(=O)CCCCCCCCC/C=C\C/C=C\C/C=C\C/C=C\C/C=C\CC. The zero-order valence-electron chi connectivity index (χ0n) is 51.2. The molecule has 448 valence electrons. The van der Waals surface area contributed by atoms with Crippen molar-refractivity contribution in [2.24, 2.45) is 0 Å². The zero-order valence-corrected chi connectivity index (χ0v) is 51.2. The summed E-state index contributed by atoms with van der Waals surface area (Å²) in [5.74, 6) is -1.09. The molecule has 0 N–H and O–H groups in total. The molecule has 0 heterocycles. The number of hydrogen-bond donors (Lipinski definition) is 0. The van der Waals surface area contributed by atoms with Gasteiger partial charge in [-0.1, -0.05) is 259 Å². The molecule has 6 heteroatoms. The van der Waals surface area contributed by atoms with Crippen molar-refractivity contribution in [3.63, 3.8) is 0 Å². The third-order valence-electron chi connectivity index (χ3n) is 12.3. The highest BCUT2D eigenvalue weighted by Crippen LogP contribution is 2.13. The summed E-state index contributed by atoms with van der Waals surface area (Å²) in [5.41, 5.74) is 0. The van der Waals surface area contributed by atoms with Crippen molar-refractivity contribution in [2.75, 3.05) is 13.2 Å². The standard InChI is InChI=1S/C75H112O6/c1-4-7-10-13-16-19-22-25-27-29-31-33-35-36-37-38-40-41-43-45-47-50-53-56-59-62-65-68-74(77)80-71-72(70-79-73(76)67-64-61-58-55-52-49-24-21-18-15-12-9-6-3)81-75(78)69-66-63-60-57-54-51-48-46-44-42-39-34-32-30-28-26-23-20-17-14-11-8-5-2/h7-12,16-21,25-28,31-34,36-37,40-42,44-45,47,49,52-53,56,58,61,72H,4-6,13-15,22-24,29-30,35,38-39,43,46,48,50-51,54-55,57,59-60,62-71H2,1-3H3/b10-7-,11-8-,12-9-,19-16-,20-17-,21-18-,27-25-,28-26-,33-31-,34-32-,37-36-,41-40-,44-42-,47-45-,52-49-,56-53-,61-58-. The van der Waals surface area contributed by atoms with Crippen molar-refractivity contribution < 1.29 is 28.6 Å². The van der Waals surface area contributed by atoms with Crippen LogP contribution in [0.4, 0.5) is 0 Å². The summed E-state index contributed by atoms with van der Waals surface area (Å²) in [6, 6.07) is 0. The first-order valence-electron chi connectivity index (χ1n) is 31.6. The Balaban J connectivity index is 4.54. The first-order valence-corrected chi connectivity index (χ1v) is 31.6. The van der Waals surface area contributed by atoms with Crippen molar-refractivity contribution in [1.29, 1.82) is 0 Å². The van der Waals surface area contributed by atoms with Gasteiger partial charge in [-0.2, -0.15) is 0 Å². The van der Waals surface area contributed by atoms with Crippen molar-refractivity contribution >= 4 is 17.9 Å². The molecule has 0 saturated carbocycles. The van der Waals surface area contributed by atoms with Gasteiger partial charge < -0.3 is 14.2 Å². The maximum absolute atomic E-state index is 12.9. The maximum atomic E-state index is 12.9. The lowest BCUT2D eigenvalue weighted by molar-refractivity contribution is -0.166. The third kappa shape index (κ3) is 64.7. The highest BCUT2D eigenvalue weighted by molar-refractivity contribution is 5.71. The molecule has 0 radical (unpaired) electrons.